The predicted molar refractivity (Wildman–Crippen MR) is 135 cm³/mol. The normalized spacial score (nSPS) is 10.5. The number of methoxy groups -OCH3 is 3. The van der Waals surface area contributed by atoms with Crippen molar-refractivity contribution in [2.45, 2.75) is 20.0 Å². The van der Waals surface area contributed by atoms with E-state index in [2.05, 4.69) is 17.2 Å². The molecule has 0 aliphatic heterocycles. The Bertz CT molecular complexity index is 859. The lowest BCUT2D eigenvalue weighted by Crippen LogP contribution is -2.36. The van der Waals surface area contributed by atoms with Crippen molar-refractivity contribution in [2.75, 3.05) is 34.5 Å². The zero-order valence-corrected chi connectivity index (χ0v) is 20.9. The molecule has 2 aromatic rings. The van der Waals surface area contributed by atoms with Crippen LogP contribution in [0.5, 0.6) is 23.0 Å². The minimum Gasteiger partial charge on any atom is -0.496 e. The van der Waals surface area contributed by atoms with Crippen LogP contribution in [0.2, 0.25) is 0 Å². The molecule has 0 bridgehead atoms. The van der Waals surface area contributed by atoms with Crippen LogP contribution in [-0.4, -0.2) is 40.4 Å². The van der Waals surface area contributed by atoms with Crippen LogP contribution < -0.4 is 29.6 Å². The number of halogens is 1. The molecule has 0 aromatic heterocycles. The monoisotopic (exact) mass is 541 g/mol. The van der Waals surface area contributed by atoms with Crippen LogP contribution in [-0.2, 0) is 13.1 Å². The Kier molecular flexibility index (Phi) is 12.3. The molecule has 0 aliphatic carbocycles. The van der Waals surface area contributed by atoms with E-state index >= 15 is 0 Å². The van der Waals surface area contributed by atoms with Crippen molar-refractivity contribution in [1.29, 1.82) is 0 Å². The molecule has 2 aromatic carbocycles. The predicted octanol–water partition coefficient (Wildman–Crippen LogP) is 4.15. The molecule has 0 aliphatic rings. The van der Waals surface area contributed by atoms with E-state index < -0.39 is 0 Å². The van der Waals surface area contributed by atoms with E-state index in [1.54, 1.807) is 33.5 Å². The highest BCUT2D eigenvalue weighted by molar-refractivity contribution is 14.0. The average Bonchev–Trinajstić information content (AvgIpc) is 2.79. The van der Waals surface area contributed by atoms with Gasteiger partial charge in [-0.3, -0.25) is 0 Å². The van der Waals surface area contributed by atoms with Gasteiger partial charge in [-0.25, -0.2) is 4.99 Å². The zero-order valence-electron chi connectivity index (χ0n) is 18.6. The molecule has 2 rings (SSSR count). The minimum absolute atomic E-state index is 0. The third kappa shape index (κ3) is 7.86. The Labute approximate surface area is 201 Å². The Morgan fingerprint density at radius 3 is 2.26 bits per heavy atom. The summed E-state index contributed by atoms with van der Waals surface area (Å²) < 4.78 is 22.0. The fourth-order valence-electron chi connectivity index (χ4n) is 2.84. The number of para-hydroxylation sites is 1. The summed E-state index contributed by atoms with van der Waals surface area (Å²) in [4.78, 5) is 4.69. The van der Waals surface area contributed by atoms with Gasteiger partial charge in [-0.1, -0.05) is 30.9 Å². The van der Waals surface area contributed by atoms with E-state index in [4.69, 9.17) is 23.9 Å². The first-order valence-electron chi connectivity index (χ1n) is 9.79. The first kappa shape index (κ1) is 26.4. The highest BCUT2D eigenvalue weighted by Gasteiger charge is 2.12. The maximum atomic E-state index is 5.72. The second-order valence-electron chi connectivity index (χ2n) is 6.28. The molecule has 0 amide bonds. The molecule has 8 heteroatoms. The maximum Gasteiger partial charge on any atom is 0.191 e. The molecule has 31 heavy (non-hydrogen) atoms. The quantitative estimate of drug-likeness (QED) is 0.193. The fraction of sp³-hybridized carbons (Fsp3) is 0.348. The number of aliphatic imine (C=N–C) groups is 1. The SMILES string of the molecule is C=CCOc1ccccc1CNC(=NCc1cc(OC)c(OC)cc1OC)NCC.I. The van der Waals surface area contributed by atoms with Crippen molar-refractivity contribution in [3.8, 4) is 23.0 Å². The van der Waals surface area contributed by atoms with E-state index in [1.807, 2.05) is 37.3 Å². The van der Waals surface area contributed by atoms with Crippen LogP contribution in [0.25, 0.3) is 0 Å². The molecule has 0 heterocycles. The van der Waals surface area contributed by atoms with Crippen molar-refractivity contribution in [2.24, 2.45) is 4.99 Å². The molecule has 170 valence electrons. The van der Waals surface area contributed by atoms with Gasteiger partial charge in [0.2, 0.25) is 0 Å². The average molecular weight is 541 g/mol. The minimum atomic E-state index is 0. The van der Waals surface area contributed by atoms with E-state index in [1.165, 1.54) is 0 Å². The maximum absolute atomic E-state index is 5.72. The topological polar surface area (TPSA) is 73.3 Å². The van der Waals surface area contributed by atoms with Gasteiger partial charge in [0, 0.05) is 30.3 Å². The third-order valence-corrected chi connectivity index (χ3v) is 4.31. The number of benzene rings is 2. The standard InChI is InChI=1S/C23H31N3O4.HI/c1-6-12-30-19-11-9-8-10-17(19)15-25-23(24-7-2)26-16-18-13-21(28-4)22(29-5)14-20(18)27-3;/h6,8-11,13-14H,1,7,12,15-16H2,2-5H3,(H2,24,25,26);1H. The molecule has 0 saturated heterocycles. The zero-order chi connectivity index (χ0) is 21.8. The highest BCUT2D eigenvalue weighted by atomic mass is 127. The molecule has 0 unspecified atom stereocenters. The number of rotatable bonds is 11. The van der Waals surface area contributed by atoms with Gasteiger partial charge in [0.25, 0.3) is 0 Å². The summed E-state index contributed by atoms with van der Waals surface area (Å²) in [5.74, 6) is 3.45. The first-order valence-corrected chi connectivity index (χ1v) is 9.79. The summed E-state index contributed by atoms with van der Waals surface area (Å²) in [7, 11) is 4.83. The van der Waals surface area contributed by atoms with Crippen molar-refractivity contribution in [3.05, 3.63) is 60.2 Å². The van der Waals surface area contributed by atoms with Gasteiger partial charge in [-0.15, -0.1) is 24.0 Å². The fourth-order valence-corrected chi connectivity index (χ4v) is 2.84. The summed E-state index contributed by atoms with van der Waals surface area (Å²) in [5, 5.41) is 6.61. The largest absolute Gasteiger partial charge is 0.496 e. The second kappa shape index (κ2) is 14.4. The smallest absolute Gasteiger partial charge is 0.191 e. The van der Waals surface area contributed by atoms with Crippen LogP contribution in [0.1, 0.15) is 18.1 Å². The number of hydrogen-bond donors (Lipinski definition) is 2. The lowest BCUT2D eigenvalue weighted by Gasteiger charge is -2.15. The van der Waals surface area contributed by atoms with Gasteiger partial charge < -0.3 is 29.6 Å². The molecular formula is C23H32IN3O4. The molecule has 7 nitrogen and oxygen atoms in total. The molecule has 2 N–H and O–H groups in total. The number of hydrogen-bond acceptors (Lipinski definition) is 5. The Morgan fingerprint density at radius 1 is 0.935 bits per heavy atom. The van der Waals surface area contributed by atoms with Crippen molar-refractivity contribution >= 4 is 29.9 Å². The Hall–Kier alpha value is -2.62. The highest BCUT2D eigenvalue weighted by Crippen LogP contribution is 2.34. The number of nitrogens with one attached hydrogen (secondary N) is 2. The lowest BCUT2D eigenvalue weighted by molar-refractivity contribution is 0.347. The summed E-state index contributed by atoms with van der Waals surface area (Å²) in [6.07, 6.45) is 1.73. The van der Waals surface area contributed by atoms with Crippen LogP contribution in [0.4, 0.5) is 0 Å². The lowest BCUT2D eigenvalue weighted by atomic mass is 10.1. The molecule has 0 saturated carbocycles. The van der Waals surface area contributed by atoms with Crippen LogP contribution >= 0.6 is 24.0 Å². The van der Waals surface area contributed by atoms with Crippen molar-refractivity contribution < 1.29 is 18.9 Å². The van der Waals surface area contributed by atoms with Crippen LogP contribution in [0.15, 0.2) is 54.0 Å². The number of nitrogens with zero attached hydrogens (tertiary/aromatic N) is 1. The van der Waals surface area contributed by atoms with E-state index in [0.29, 0.717) is 42.9 Å². The summed E-state index contributed by atoms with van der Waals surface area (Å²) in [5.41, 5.74) is 1.93. The molecular weight excluding hydrogens is 509 g/mol. The summed E-state index contributed by atoms with van der Waals surface area (Å²) in [6.45, 7) is 7.90. The first-order chi connectivity index (χ1) is 14.7. The van der Waals surface area contributed by atoms with Crippen LogP contribution in [0.3, 0.4) is 0 Å². The third-order valence-electron chi connectivity index (χ3n) is 4.31. The summed E-state index contributed by atoms with van der Waals surface area (Å²) >= 11 is 0. The molecule has 0 atom stereocenters. The Morgan fingerprint density at radius 2 is 1.61 bits per heavy atom. The van der Waals surface area contributed by atoms with Crippen LogP contribution in [0, 0.1) is 0 Å². The van der Waals surface area contributed by atoms with E-state index in [-0.39, 0.29) is 24.0 Å². The van der Waals surface area contributed by atoms with Crippen molar-refractivity contribution in [3.63, 3.8) is 0 Å². The van der Waals surface area contributed by atoms with Gasteiger partial charge in [0.05, 0.1) is 27.9 Å². The van der Waals surface area contributed by atoms with Gasteiger partial charge >= 0.3 is 0 Å². The van der Waals surface area contributed by atoms with Crippen molar-refractivity contribution in [1.82, 2.24) is 10.6 Å². The summed E-state index contributed by atoms with van der Waals surface area (Å²) in [6, 6.07) is 11.6. The van der Waals surface area contributed by atoms with Gasteiger partial charge in [0.15, 0.2) is 17.5 Å². The van der Waals surface area contributed by atoms with Gasteiger partial charge in [0.1, 0.15) is 18.1 Å². The molecule has 0 spiro atoms. The molecule has 0 radical (unpaired) electrons. The molecule has 0 fully saturated rings. The van der Waals surface area contributed by atoms with Gasteiger partial charge in [-0.2, -0.15) is 0 Å². The second-order valence-corrected chi connectivity index (χ2v) is 6.28. The van der Waals surface area contributed by atoms with E-state index in [0.717, 1.165) is 23.4 Å². The van der Waals surface area contributed by atoms with Gasteiger partial charge in [-0.05, 0) is 19.1 Å². The number of guanidine groups is 1. The Balaban J connectivity index is 0.00000480. The van der Waals surface area contributed by atoms with E-state index in [9.17, 15) is 0 Å². The number of ether oxygens (including phenoxy) is 4.